The smallest absolute Gasteiger partial charge is 0.338 e. The van der Waals surface area contributed by atoms with E-state index in [1.807, 2.05) is 0 Å². The number of rotatable bonds is 4. The Morgan fingerprint density at radius 3 is 2.70 bits per heavy atom. The molecule has 1 saturated heterocycles. The molecule has 0 unspecified atom stereocenters. The number of hydrogen-bond acceptors (Lipinski definition) is 5. The highest BCUT2D eigenvalue weighted by Gasteiger charge is 2.22. The third-order valence-electron chi connectivity index (χ3n) is 3.18. The predicted octanol–water partition coefficient (Wildman–Crippen LogP) is 0.137. The van der Waals surface area contributed by atoms with Gasteiger partial charge in [0.2, 0.25) is 11.8 Å². The topological polar surface area (TPSA) is 105 Å². The van der Waals surface area contributed by atoms with Crippen LogP contribution in [0.3, 0.4) is 0 Å². The van der Waals surface area contributed by atoms with Crippen LogP contribution in [0.15, 0.2) is 24.3 Å². The fourth-order valence-corrected chi connectivity index (χ4v) is 2.13. The Kier molecular flexibility index (Phi) is 5.29. The highest BCUT2D eigenvalue weighted by molar-refractivity contribution is 5.97. The van der Waals surface area contributed by atoms with E-state index in [1.165, 1.54) is 13.0 Å². The van der Waals surface area contributed by atoms with Gasteiger partial charge in [-0.15, -0.1) is 0 Å². The summed E-state index contributed by atoms with van der Waals surface area (Å²) in [6.07, 6.45) is 1.29. The first kappa shape index (κ1) is 16.5. The van der Waals surface area contributed by atoms with Gasteiger partial charge < -0.3 is 9.64 Å². The zero-order valence-electron chi connectivity index (χ0n) is 12.6. The fraction of sp³-hybridized carbons (Fsp3) is 0.333. The van der Waals surface area contributed by atoms with Crippen LogP contribution < -0.4 is 15.8 Å². The van der Waals surface area contributed by atoms with E-state index >= 15 is 0 Å². The molecule has 0 aromatic heterocycles. The summed E-state index contributed by atoms with van der Waals surface area (Å²) in [7, 11) is 0. The Morgan fingerprint density at radius 1 is 1.26 bits per heavy atom. The SMILES string of the molecule is CC(=O)NNC(=O)COC(=O)c1cccc(N2CCCC2=O)c1. The minimum Gasteiger partial charge on any atom is -0.452 e. The van der Waals surface area contributed by atoms with Crippen molar-refractivity contribution in [2.75, 3.05) is 18.1 Å². The second-order valence-electron chi connectivity index (χ2n) is 5.00. The van der Waals surface area contributed by atoms with Gasteiger partial charge in [-0.25, -0.2) is 4.79 Å². The standard InChI is InChI=1S/C15H17N3O5/c1-10(19)16-17-13(20)9-23-15(22)11-4-2-5-12(8-11)18-7-3-6-14(18)21/h2,4-5,8H,3,6-7,9H2,1H3,(H,16,19)(H,17,20). The zero-order chi connectivity index (χ0) is 16.8. The van der Waals surface area contributed by atoms with E-state index in [-0.39, 0.29) is 11.5 Å². The first-order chi connectivity index (χ1) is 11.0. The number of nitrogens with zero attached hydrogens (tertiary/aromatic N) is 1. The Morgan fingerprint density at radius 2 is 2.04 bits per heavy atom. The number of hydrazine groups is 1. The minimum atomic E-state index is -0.684. The maximum Gasteiger partial charge on any atom is 0.338 e. The van der Waals surface area contributed by atoms with Gasteiger partial charge in [0.1, 0.15) is 0 Å². The summed E-state index contributed by atoms with van der Waals surface area (Å²) in [5.41, 5.74) is 5.04. The Balaban J connectivity index is 1.93. The van der Waals surface area contributed by atoms with Crippen LogP contribution in [0.5, 0.6) is 0 Å². The number of nitrogens with one attached hydrogen (secondary N) is 2. The number of carbonyl (C=O) groups excluding carboxylic acids is 4. The Hall–Kier alpha value is -2.90. The highest BCUT2D eigenvalue weighted by Crippen LogP contribution is 2.22. The molecule has 1 aliphatic heterocycles. The molecule has 8 heteroatoms. The van der Waals surface area contributed by atoms with E-state index in [0.717, 1.165) is 6.42 Å². The van der Waals surface area contributed by atoms with Gasteiger partial charge in [-0.05, 0) is 24.6 Å². The molecule has 0 spiro atoms. The van der Waals surface area contributed by atoms with E-state index in [4.69, 9.17) is 4.74 Å². The second-order valence-corrected chi connectivity index (χ2v) is 5.00. The lowest BCUT2D eigenvalue weighted by Crippen LogP contribution is -2.42. The van der Waals surface area contributed by atoms with Gasteiger partial charge in [0.25, 0.3) is 5.91 Å². The van der Waals surface area contributed by atoms with Crippen LogP contribution in [-0.2, 0) is 19.1 Å². The summed E-state index contributed by atoms with van der Waals surface area (Å²) < 4.78 is 4.86. The molecule has 1 aliphatic rings. The number of ether oxygens (including phenoxy) is 1. The van der Waals surface area contributed by atoms with Crippen molar-refractivity contribution in [1.82, 2.24) is 10.9 Å². The van der Waals surface area contributed by atoms with E-state index in [9.17, 15) is 19.2 Å². The molecule has 0 atom stereocenters. The van der Waals surface area contributed by atoms with Gasteiger partial charge in [0, 0.05) is 25.6 Å². The van der Waals surface area contributed by atoms with Crippen LogP contribution in [-0.4, -0.2) is 36.8 Å². The number of esters is 1. The number of hydrogen-bond donors (Lipinski definition) is 2. The van der Waals surface area contributed by atoms with Crippen LogP contribution in [0.1, 0.15) is 30.1 Å². The number of benzene rings is 1. The van der Waals surface area contributed by atoms with Gasteiger partial charge in [-0.3, -0.25) is 25.2 Å². The third-order valence-corrected chi connectivity index (χ3v) is 3.18. The molecule has 2 N–H and O–H groups in total. The molecule has 0 aliphatic carbocycles. The van der Waals surface area contributed by atoms with Crippen molar-refractivity contribution in [3.8, 4) is 0 Å². The molecule has 2 rings (SSSR count). The largest absolute Gasteiger partial charge is 0.452 e. The third kappa shape index (κ3) is 4.53. The quantitative estimate of drug-likeness (QED) is 0.606. The van der Waals surface area contributed by atoms with E-state index in [1.54, 1.807) is 23.1 Å². The summed E-state index contributed by atoms with van der Waals surface area (Å²) >= 11 is 0. The molecule has 1 fully saturated rings. The van der Waals surface area contributed by atoms with Crippen molar-refractivity contribution in [2.24, 2.45) is 0 Å². The average molecular weight is 319 g/mol. The minimum absolute atomic E-state index is 0.0187. The molecular formula is C15H17N3O5. The lowest BCUT2D eigenvalue weighted by molar-refractivity contribution is -0.129. The van der Waals surface area contributed by atoms with Crippen LogP contribution in [0, 0.1) is 0 Å². The molecule has 3 amide bonds. The Labute approximate surface area is 132 Å². The lowest BCUT2D eigenvalue weighted by Gasteiger charge is -2.16. The number of amides is 3. The van der Waals surface area contributed by atoms with Gasteiger partial charge in [0.05, 0.1) is 5.56 Å². The van der Waals surface area contributed by atoms with Crippen molar-refractivity contribution in [2.45, 2.75) is 19.8 Å². The monoisotopic (exact) mass is 319 g/mol. The first-order valence-corrected chi connectivity index (χ1v) is 7.10. The first-order valence-electron chi connectivity index (χ1n) is 7.10. The van der Waals surface area contributed by atoms with Gasteiger partial charge in [0.15, 0.2) is 6.61 Å². The molecule has 8 nitrogen and oxygen atoms in total. The maximum atomic E-state index is 11.9. The zero-order valence-corrected chi connectivity index (χ0v) is 12.6. The molecular weight excluding hydrogens is 302 g/mol. The van der Waals surface area contributed by atoms with Gasteiger partial charge >= 0.3 is 5.97 Å². The molecule has 122 valence electrons. The van der Waals surface area contributed by atoms with Crippen LogP contribution in [0.4, 0.5) is 5.69 Å². The normalized spacial score (nSPS) is 13.6. The summed E-state index contributed by atoms with van der Waals surface area (Å²) in [6.45, 7) is 1.33. The van der Waals surface area contributed by atoms with Crippen molar-refractivity contribution in [1.29, 1.82) is 0 Å². The average Bonchev–Trinajstić information content (AvgIpc) is 2.96. The van der Waals surface area contributed by atoms with Crippen molar-refractivity contribution in [3.05, 3.63) is 29.8 Å². The molecule has 1 heterocycles. The molecule has 0 radical (unpaired) electrons. The summed E-state index contributed by atoms with van der Waals surface area (Å²) in [5, 5.41) is 0. The predicted molar refractivity (Wildman–Crippen MR) is 80.3 cm³/mol. The lowest BCUT2D eigenvalue weighted by atomic mass is 10.2. The van der Waals surface area contributed by atoms with Crippen molar-refractivity contribution in [3.63, 3.8) is 0 Å². The molecule has 23 heavy (non-hydrogen) atoms. The van der Waals surface area contributed by atoms with E-state index < -0.39 is 24.4 Å². The van der Waals surface area contributed by atoms with E-state index in [2.05, 4.69) is 10.9 Å². The van der Waals surface area contributed by atoms with Crippen LogP contribution >= 0.6 is 0 Å². The summed E-state index contributed by atoms with van der Waals surface area (Å²) in [6, 6.07) is 6.48. The fourth-order valence-electron chi connectivity index (χ4n) is 2.13. The van der Waals surface area contributed by atoms with Crippen molar-refractivity contribution < 1.29 is 23.9 Å². The highest BCUT2D eigenvalue weighted by atomic mass is 16.5. The molecule has 0 saturated carbocycles. The number of anilines is 1. The van der Waals surface area contributed by atoms with E-state index in [0.29, 0.717) is 18.7 Å². The van der Waals surface area contributed by atoms with Crippen molar-refractivity contribution >= 4 is 29.4 Å². The van der Waals surface area contributed by atoms with Crippen LogP contribution in [0.25, 0.3) is 0 Å². The molecule has 1 aromatic rings. The summed E-state index contributed by atoms with van der Waals surface area (Å²) in [5.74, 6) is -1.76. The Bertz CT molecular complexity index is 644. The molecule has 0 bridgehead atoms. The van der Waals surface area contributed by atoms with Gasteiger partial charge in [-0.1, -0.05) is 6.07 Å². The second kappa shape index (κ2) is 7.39. The number of carbonyl (C=O) groups is 4. The maximum absolute atomic E-state index is 11.9. The van der Waals surface area contributed by atoms with Crippen LogP contribution in [0.2, 0.25) is 0 Å². The molecule has 1 aromatic carbocycles. The van der Waals surface area contributed by atoms with Gasteiger partial charge in [-0.2, -0.15) is 0 Å². The summed E-state index contributed by atoms with van der Waals surface area (Å²) in [4.78, 5) is 47.3.